The van der Waals surface area contributed by atoms with Gasteiger partial charge in [0, 0.05) is 30.6 Å². The number of amides is 1. The summed E-state index contributed by atoms with van der Waals surface area (Å²) in [5.41, 5.74) is 2.81. The van der Waals surface area contributed by atoms with Crippen LogP contribution in [0.25, 0.3) is 11.4 Å². The van der Waals surface area contributed by atoms with E-state index in [1.54, 1.807) is 0 Å². The molecule has 7 heteroatoms. The van der Waals surface area contributed by atoms with Crippen molar-refractivity contribution < 1.29 is 13.8 Å². The number of benzene rings is 1. The molecular weight excluding hydrogens is 332 g/mol. The molecule has 1 saturated heterocycles. The summed E-state index contributed by atoms with van der Waals surface area (Å²) >= 11 is 0. The van der Waals surface area contributed by atoms with E-state index in [4.69, 9.17) is 9.05 Å². The number of aryl methyl sites for hydroxylation is 2. The van der Waals surface area contributed by atoms with E-state index in [0.29, 0.717) is 37.6 Å². The molecule has 1 amide bonds. The molecule has 1 aliphatic rings. The van der Waals surface area contributed by atoms with Crippen LogP contribution in [0.2, 0.25) is 0 Å². The summed E-state index contributed by atoms with van der Waals surface area (Å²) in [4.78, 5) is 18.7. The molecule has 0 unspecified atom stereocenters. The van der Waals surface area contributed by atoms with Crippen LogP contribution in [0.3, 0.4) is 0 Å². The monoisotopic (exact) mass is 352 g/mol. The number of likely N-dealkylation sites (tertiary alicyclic amines) is 1. The smallest absolute Gasteiger partial charge is 0.233 e. The summed E-state index contributed by atoms with van der Waals surface area (Å²) in [7, 11) is 0. The average molecular weight is 352 g/mol. The highest BCUT2D eigenvalue weighted by atomic mass is 16.5. The third kappa shape index (κ3) is 3.12. The molecule has 2 aromatic heterocycles. The van der Waals surface area contributed by atoms with E-state index in [0.717, 1.165) is 22.6 Å². The van der Waals surface area contributed by atoms with E-state index in [-0.39, 0.29) is 11.8 Å². The molecule has 1 aromatic carbocycles. The summed E-state index contributed by atoms with van der Waals surface area (Å²) in [6, 6.07) is 9.71. The van der Waals surface area contributed by atoms with Gasteiger partial charge in [-0.2, -0.15) is 4.98 Å². The molecule has 1 fully saturated rings. The van der Waals surface area contributed by atoms with Crippen molar-refractivity contribution >= 4 is 5.91 Å². The molecule has 0 bridgehead atoms. The lowest BCUT2D eigenvalue weighted by molar-refractivity contribution is -0.135. The van der Waals surface area contributed by atoms with Crippen LogP contribution in [0.15, 0.2) is 39.4 Å². The number of carbonyl (C=O) groups excluding carboxylic acids is 1. The Labute approximate surface area is 151 Å². The Morgan fingerprint density at radius 3 is 2.62 bits per heavy atom. The highest BCUT2D eigenvalue weighted by Gasteiger charge is 2.35. The van der Waals surface area contributed by atoms with Gasteiger partial charge in [-0.1, -0.05) is 40.6 Å². The van der Waals surface area contributed by atoms with Gasteiger partial charge in [-0.3, -0.25) is 4.79 Å². The summed E-state index contributed by atoms with van der Waals surface area (Å²) < 4.78 is 10.5. The lowest BCUT2D eigenvalue weighted by Gasteiger charge is -2.37. The van der Waals surface area contributed by atoms with E-state index in [2.05, 4.69) is 15.3 Å². The Morgan fingerprint density at radius 2 is 1.92 bits per heavy atom. The standard InChI is InChI=1S/C19H20N4O3/c1-12-16(13(2)25-21-12)8-9-17(24)23-10-15(11-23)19-20-18(22-26-19)14-6-4-3-5-7-14/h3-7,15H,8-11H2,1-2H3. The first-order valence-electron chi connectivity index (χ1n) is 8.70. The van der Waals surface area contributed by atoms with Crippen LogP contribution in [-0.4, -0.2) is 39.2 Å². The number of carbonyl (C=O) groups is 1. The molecule has 0 spiro atoms. The van der Waals surface area contributed by atoms with Crippen LogP contribution >= 0.6 is 0 Å². The fraction of sp³-hybridized carbons (Fsp3) is 0.368. The Hall–Kier alpha value is -2.96. The quantitative estimate of drug-likeness (QED) is 0.702. The van der Waals surface area contributed by atoms with Gasteiger partial charge in [-0.15, -0.1) is 0 Å². The lowest BCUT2D eigenvalue weighted by atomic mass is 9.98. The van der Waals surface area contributed by atoms with Crippen molar-refractivity contribution in [2.45, 2.75) is 32.6 Å². The van der Waals surface area contributed by atoms with Gasteiger partial charge in [-0.25, -0.2) is 0 Å². The zero-order valence-electron chi connectivity index (χ0n) is 14.8. The zero-order chi connectivity index (χ0) is 18.1. The van der Waals surface area contributed by atoms with Crippen LogP contribution in [0.4, 0.5) is 0 Å². The van der Waals surface area contributed by atoms with Crippen LogP contribution in [0.5, 0.6) is 0 Å². The van der Waals surface area contributed by atoms with Crippen molar-refractivity contribution in [3.8, 4) is 11.4 Å². The van der Waals surface area contributed by atoms with Crippen molar-refractivity contribution in [2.24, 2.45) is 0 Å². The van der Waals surface area contributed by atoms with Crippen molar-refractivity contribution in [1.82, 2.24) is 20.2 Å². The van der Waals surface area contributed by atoms with E-state index in [1.165, 1.54) is 0 Å². The van der Waals surface area contributed by atoms with Crippen LogP contribution in [0.1, 0.15) is 35.2 Å². The number of nitrogens with zero attached hydrogens (tertiary/aromatic N) is 4. The summed E-state index contributed by atoms with van der Waals surface area (Å²) in [5.74, 6) is 2.21. The predicted molar refractivity (Wildman–Crippen MR) is 93.4 cm³/mol. The summed E-state index contributed by atoms with van der Waals surface area (Å²) in [6.07, 6.45) is 1.11. The topological polar surface area (TPSA) is 85.3 Å². The highest BCUT2D eigenvalue weighted by molar-refractivity contribution is 5.77. The molecule has 0 aliphatic carbocycles. The first-order valence-corrected chi connectivity index (χ1v) is 8.70. The summed E-state index contributed by atoms with van der Waals surface area (Å²) in [6.45, 7) is 5.02. The molecule has 1 aliphatic heterocycles. The average Bonchev–Trinajstić information content (AvgIpc) is 3.20. The Morgan fingerprint density at radius 1 is 1.15 bits per heavy atom. The van der Waals surface area contributed by atoms with Gasteiger partial charge in [0.1, 0.15) is 5.76 Å². The minimum atomic E-state index is 0.114. The third-order valence-electron chi connectivity index (χ3n) is 4.83. The van der Waals surface area contributed by atoms with E-state index < -0.39 is 0 Å². The Balaban J connectivity index is 1.31. The Kier molecular flexibility index (Phi) is 4.28. The first-order chi connectivity index (χ1) is 12.6. The maximum absolute atomic E-state index is 12.4. The van der Waals surface area contributed by atoms with Crippen molar-refractivity contribution in [1.29, 1.82) is 0 Å². The largest absolute Gasteiger partial charge is 0.361 e. The minimum Gasteiger partial charge on any atom is -0.361 e. The van der Waals surface area contributed by atoms with Gasteiger partial charge in [0.05, 0.1) is 11.6 Å². The lowest BCUT2D eigenvalue weighted by Crippen LogP contribution is -2.48. The second kappa shape index (κ2) is 6.74. The van der Waals surface area contributed by atoms with Gasteiger partial charge >= 0.3 is 0 Å². The normalized spacial score (nSPS) is 14.5. The van der Waals surface area contributed by atoms with Gasteiger partial charge in [0.25, 0.3) is 0 Å². The number of hydrogen-bond donors (Lipinski definition) is 0. The molecule has 3 aromatic rings. The number of rotatable bonds is 5. The third-order valence-corrected chi connectivity index (χ3v) is 4.83. The van der Waals surface area contributed by atoms with E-state index >= 15 is 0 Å². The predicted octanol–water partition coefficient (Wildman–Crippen LogP) is 2.90. The highest BCUT2D eigenvalue weighted by Crippen LogP contribution is 2.28. The molecular formula is C19H20N4O3. The number of aromatic nitrogens is 3. The molecule has 0 radical (unpaired) electrons. The molecule has 26 heavy (non-hydrogen) atoms. The molecule has 134 valence electrons. The Bertz CT molecular complexity index is 891. The van der Waals surface area contributed by atoms with Crippen LogP contribution < -0.4 is 0 Å². The van der Waals surface area contributed by atoms with Gasteiger partial charge in [0.15, 0.2) is 0 Å². The maximum atomic E-state index is 12.4. The zero-order valence-corrected chi connectivity index (χ0v) is 14.8. The molecule has 4 rings (SSSR count). The van der Waals surface area contributed by atoms with Gasteiger partial charge in [0.2, 0.25) is 17.6 Å². The number of hydrogen-bond acceptors (Lipinski definition) is 6. The molecule has 0 atom stereocenters. The van der Waals surface area contributed by atoms with Crippen molar-refractivity contribution in [3.05, 3.63) is 53.2 Å². The van der Waals surface area contributed by atoms with Crippen molar-refractivity contribution in [2.75, 3.05) is 13.1 Å². The summed E-state index contributed by atoms with van der Waals surface area (Å²) in [5, 5.41) is 7.97. The van der Waals surface area contributed by atoms with Crippen LogP contribution in [-0.2, 0) is 11.2 Å². The van der Waals surface area contributed by atoms with Crippen molar-refractivity contribution in [3.63, 3.8) is 0 Å². The molecule has 3 heterocycles. The fourth-order valence-electron chi connectivity index (χ4n) is 3.19. The second-order valence-electron chi connectivity index (χ2n) is 6.62. The molecule has 0 N–H and O–H groups in total. The second-order valence-corrected chi connectivity index (χ2v) is 6.62. The maximum Gasteiger partial charge on any atom is 0.233 e. The molecule has 7 nitrogen and oxygen atoms in total. The minimum absolute atomic E-state index is 0.114. The van der Waals surface area contributed by atoms with E-state index in [1.807, 2.05) is 49.1 Å². The van der Waals surface area contributed by atoms with Crippen LogP contribution in [0, 0.1) is 13.8 Å². The first kappa shape index (κ1) is 16.5. The molecule has 0 saturated carbocycles. The SMILES string of the molecule is Cc1noc(C)c1CCC(=O)N1CC(c2nc(-c3ccccc3)no2)C1. The van der Waals surface area contributed by atoms with Gasteiger partial charge < -0.3 is 13.9 Å². The fourth-order valence-corrected chi connectivity index (χ4v) is 3.19. The van der Waals surface area contributed by atoms with Gasteiger partial charge in [-0.05, 0) is 20.3 Å². The van der Waals surface area contributed by atoms with E-state index in [9.17, 15) is 4.79 Å².